The van der Waals surface area contributed by atoms with Crippen LogP contribution in [0.2, 0.25) is 17.3 Å². The van der Waals surface area contributed by atoms with Gasteiger partial charge in [0.2, 0.25) is 0 Å². The molecule has 0 saturated carbocycles. The number of pyridine rings is 2. The molecule has 0 aliphatic heterocycles. The summed E-state index contributed by atoms with van der Waals surface area (Å²) in [6.45, 7) is 6.00. The van der Waals surface area contributed by atoms with Gasteiger partial charge in [-0.1, -0.05) is 67.3 Å². The number of aromatic nitrogens is 2. The van der Waals surface area contributed by atoms with Gasteiger partial charge in [-0.2, -0.15) is 11.3 Å². The van der Waals surface area contributed by atoms with Crippen LogP contribution < -0.4 is 4.40 Å². The second-order valence-electron chi connectivity index (χ2n) is 12.6. The van der Waals surface area contributed by atoms with Gasteiger partial charge >= 0.3 is 99.8 Å². The van der Waals surface area contributed by atoms with Crippen LogP contribution in [0.5, 0.6) is 0 Å². The molecule has 4 aromatic carbocycles. The van der Waals surface area contributed by atoms with Crippen LogP contribution in [-0.2, 0) is 20.1 Å². The summed E-state index contributed by atoms with van der Waals surface area (Å²) < 4.78 is 12.3. The number of rotatable bonds is 5. The van der Waals surface area contributed by atoms with E-state index < -0.39 is 19.2 Å². The number of benzene rings is 4. The molecule has 2 nitrogen and oxygen atoms in total. The molecule has 7 aromatic rings. The Morgan fingerprint density at radius 2 is 1.52 bits per heavy atom. The predicted molar refractivity (Wildman–Crippen MR) is 197 cm³/mol. The van der Waals surface area contributed by atoms with Gasteiger partial charge in [-0.05, 0) is 57.4 Å². The van der Waals surface area contributed by atoms with Crippen molar-refractivity contribution in [2.24, 2.45) is 0 Å². The number of nitrogens with zero attached hydrogens (tertiary/aromatic N) is 2. The second kappa shape index (κ2) is 14.6. The van der Waals surface area contributed by atoms with E-state index in [9.17, 15) is 0 Å². The molecule has 46 heavy (non-hydrogen) atoms. The Balaban J connectivity index is 0.000000217. The molecule has 3 heterocycles. The summed E-state index contributed by atoms with van der Waals surface area (Å²) in [4.78, 5) is 9.15. The zero-order valence-electron chi connectivity index (χ0n) is 28.1. The maximum atomic E-state index is 8.38. The van der Waals surface area contributed by atoms with Gasteiger partial charge in [0.1, 0.15) is 0 Å². The van der Waals surface area contributed by atoms with Crippen LogP contribution in [0.15, 0.2) is 116 Å². The van der Waals surface area contributed by atoms with Crippen molar-refractivity contribution in [3.8, 4) is 33.6 Å². The van der Waals surface area contributed by atoms with Crippen LogP contribution in [0.1, 0.15) is 32.2 Å². The Bertz CT molecular complexity index is 2110. The van der Waals surface area contributed by atoms with Gasteiger partial charge < -0.3 is 4.98 Å². The molecule has 1 radical (unpaired) electrons. The molecule has 0 saturated heterocycles. The maximum absolute atomic E-state index is 8.38. The van der Waals surface area contributed by atoms with Crippen molar-refractivity contribution < 1.29 is 21.5 Å². The molecule has 0 amide bonds. The average molecular weight is 857 g/mol. The van der Waals surface area contributed by atoms with Crippen molar-refractivity contribution in [2.45, 2.75) is 43.9 Å². The number of aryl methyl sites for hydroxylation is 1. The van der Waals surface area contributed by atoms with E-state index in [1.807, 2.05) is 73.8 Å². The number of hydrogen-bond acceptors (Lipinski definition) is 3. The van der Waals surface area contributed by atoms with Gasteiger partial charge in [0.05, 0.1) is 0 Å². The van der Waals surface area contributed by atoms with Crippen LogP contribution >= 0.6 is 11.3 Å². The first-order chi connectivity index (χ1) is 22.0. The van der Waals surface area contributed by atoms with Crippen LogP contribution in [0.25, 0.3) is 53.8 Å². The second-order valence-corrected chi connectivity index (χ2v) is 24.3. The summed E-state index contributed by atoms with van der Waals surface area (Å²) in [7, 11) is 0. The van der Waals surface area contributed by atoms with E-state index >= 15 is 0 Å². The van der Waals surface area contributed by atoms with Crippen molar-refractivity contribution in [1.82, 2.24) is 9.97 Å². The van der Waals surface area contributed by atoms with Crippen molar-refractivity contribution in [2.75, 3.05) is 0 Å². The van der Waals surface area contributed by atoms with Crippen LogP contribution in [0, 0.1) is 19.1 Å². The summed E-state index contributed by atoms with van der Waals surface area (Å²) in [5.74, 6) is 6.48. The summed E-state index contributed by atoms with van der Waals surface area (Å²) in [6.07, 6.45) is 3.84. The molecule has 0 spiro atoms. The summed E-state index contributed by atoms with van der Waals surface area (Å²) in [5, 5.41) is 2.52. The molecule has 0 N–H and O–H groups in total. The fourth-order valence-electron chi connectivity index (χ4n) is 5.43. The van der Waals surface area contributed by atoms with Gasteiger partial charge in [-0.15, -0.1) is 23.8 Å². The Morgan fingerprint density at radius 1 is 0.739 bits per heavy atom. The van der Waals surface area contributed by atoms with E-state index in [1.54, 1.807) is 6.20 Å². The van der Waals surface area contributed by atoms with Crippen molar-refractivity contribution >= 4 is 49.2 Å². The van der Waals surface area contributed by atoms with Crippen LogP contribution in [0.3, 0.4) is 0 Å². The van der Waals surface area contributed by atoms with Gasteiger partial charge in [0.15, 0.2) is 0 Å². The van der Waals surface area contributed by atoms with Gasteiger partial charge in [-0.25, -0.2) is 0 Å². The molecule has 0 unspecified atom stereocenters. The smallest absolute Gasteiger partial charge is 0 e. The summed E-state index contributed by atoms with van der Waals surface area (Å²) >= 11 is 0.0930. The van der Waals surface area contributed by atoms with E-state index in [2.05, 4.69) is 107 Å². The minimum atomic E-state index is -1.72. The molecule has 233 valence electrons. The fraction of sp³-hybridized carbons (Fsp3) is 0.171. The predicted octanol–water partition coefficient (Wildman–Crippen LogP) is 11.1. The minimum Gasteiger partial charge on any atom is 0 e. The molecule has 0 fully saturated rings. The average Bonchev–Trinajstić information content (AvgIpc) is 3.45. The third kappa shape index (κ3) is 7.42. The zero-order chi connectivity index (χ0) is 32.5. The first-order valence-corrected chi connectivity index (χ1v) is 23.5. The Labute approximate surface area is 295 Å². The van der Waals surface area contributed by atoms with Crippen LogP contribution in [-0.4, -0.2) is 23.2 Å². The number of thiophene rings is 1. The van der Waals surface area contributed by atoms with Crippen molar-refractivity contribution in [3.05, 3.63) is 139 Å². The van der Waals surface area contributed by atoms with E-state index in [0.717, 1.165) is 28.1 Å². The van der Waals surface area contributed by atoms with E-state index in [1.165, 1.54) is 41.3 Å². The van der Waals surface area contributed by atoms with Crippen LogP contribution in [0.4, 0.5) is 0 Å². The fourth-order valence-corrected chi connectivity index (χ4v) is 8.86. The third-order valence-corrected chi connectivity index (χ3v) is 13.7. The van der Waals surface area contributed by atoms with E-state index in [-0.39, 0.29) is 20.1 Å². The molecule has 3 aromatic heterocycles. The third-order valence-electron chi connectivity index (χ3n) is 8.03. The summed E-state index contributed by atoms with van der Waals surface area (Å²) in [6, 6.07) is 42.1. The number of fused-ring (bicyclic) bond motifs is 3. The van der Waals surface area contributed by atoms with E-state index in [0.29, 0.717) is 0 Å². The van der Waals surface area contributed by atoms with Gasteiger partial charge in [-0.3, -0.25) is 0 Å². The summed E-state index contributed by atoms with van der Waals surface area (Å²) in [5.41, 5.74) is 8.69. The molecule has 0 aliphatic carbocycles. The normalized spacial score (nSPS) is 11.8. The molecule has 7 rings (SSSR count). The molecule has 5 heteroatoms. The largest absolute Gasteiger partial charge is 0 e. The van der Waals surface area contributed by atoms with E-state index in [4.69, 9.17) is 1.37 Å². The van der Waals surface area contributed by atoms with Crippen molar-refractivity contribution in [3.63, 3.8) is 0 Å². The first-order valence-electron chi connectivity index (χ1n) is 15.8. The topological polar surface area (TPSA) is 25.8 Å². The van der Waals surface area contributed by atoms with Gasteiger partial charge in [0.25, 0.3) is 0 Å². The Morgan fingerprint density at radius 3 is 2.20 bits per heavy atom. The number of hydrogen-bond donors (Lipinski definition) is 0. The Hall–Kier alpha value is -3.41. The molecular formula is C41H38GeIrN2S-2. The maximum Gasteiger partial charge on any atom is 0 e. The molecular weight excluding hydrogens is 817 g/mol. The zero-order valence-corrected chi connectivity index (χ0v) is 32.4. The monoisotopic (exact) mass is 858 g/mol. The Kier molecular flexibility index (Phi) is 10.3. The molecule has 0 aliphatic rings. The first kappa shape index (κ1) is 32.5. The SMILES string of the molecule is [2H]C(C)(C)c1ccnc(-c2[c-]ccc3c2sc2c(C)cc(-c4ccccc4)cc23)c1.[CH3][Ge]([CH3])([CH3])[c]1ccc(-c2[c-]cccc2)nc1.[Ir]. The molecule has 0 bridgehead atoms. The quantitative estimate of drug-likeness (QED) is 0.127. The minimum absolute atomic E-state index is 0. The van der Waals surface area contributed by atoms with Crippen molar-refractivity contribution in [1.29, 1.82) is 0 Å². The van der Waals surface area contributed by atoms with Gasteiger partial charge in [0, 0.05) is 32.4 Å². The standard InChI is InChI=1S/C27H22NS.C14H16GeN.Ir/c1-17(2)20-12-13-28-25(16-20)23-11-7-10-22-24-15-21(19-8-5-4-6-9-19)14-18(3)26(24)29-27(22)23;1-15(2,3)13-9-10-14(16-11-13)12-7-5-4-6-8-12;/h4-10,12-17H,1-3H3;4-7,9-11H,1-3H3;/q2*-1;/i17D;;. The molecule has 0 atom stereocenters.